The average Bonchev–Trinajstić information content (AvgIpc) is 2.78. The highest BCUT2D eigenvalue weighted by Crippen LogP contribution is 2.27. The van der Waals surface area contributed by atoms with Crippen molar-refractivity contribution < 1.29 is 33.4 Å². The first-order chi connectivity index (χ1) is 15.8. The Morgan fingerprint density at radius 3 is 2.30 bits per heavy atom. The van der Waals surface area contributed by atoms with Gasteiger partial charge in [-0.25, -0.2) is 4.79 Å². The third-order valence-electron chi connectivity index (χ3n) is 4.26. The highest BCUT2D eigenvalue weighted by molar-refractivity contribution is 6.31. The van der Waals surface area contributed by atoms with E-state index >= 15 is 0 Å². The van der Waals surface area contributed by atoms with Gasteiger partial charge < -0.3 is 24.8 Å². The van der Waals surface area contributed by atoms with E-state index in [1.807, 2.05) is 0 Å². The molecule has 0 unspecified atom stereocenters. The standard InChI is InChI=1S/C23H25ClN2O7/c1-3-32-23(30)15-7-10-17(11-8-15)25-21(28)14-33-22(29)6-4-5-20(27)26-18-13-16(24)9-12-19(18)31-2/h7-13H,3-6,14H2,1-2H3,(H,25,28)(H,26,27). The van der Waals surface area contributed by atoms with Crippen molar-refractivity contribution in [2.75, 3.05) is 31.0 Å². The van der Waals surface area contributed by atoms with Crippen LogP contribution in [0.25, 0.3) is 0 Å². The van der Waals surface area contributed by atoms with Crippen molar-refractivity contribution in [3.63, 3.8) is 0 Å². The lowest BCUT2D eigenvalue weighted by Crippen LogP contribution is -2.21. The maximum Gasteiger partial charge on any atom is 0.338 e. The van der Waals surface area contributed by atoms with E-state index < -0.39 is 24.5 Å². The van der Waals surface area contributed by atoms with Gasteiger partial charge in [-0.05, 0) is 55.8 Å². The van der Waals surface area contributed by atoms with Crippen molar-refractivity contribution >= 4 is 46.7 Å². The minimum Gasteiger partial charge on any atom is -0.495 e. The van der Waals surface area contributed by atoms with Crippen LogP contribution in [-0.4, -0.2) is 44.1 Å². The van der Waals surface area contributed by atoms with E-state index in [4.69, 9.17) is 25.8 Å². The molecule has 0 aliphatic carbocycles. The molecule has 0 aliphatic heterocycles. The van der Waals surface area contributed by atoms with E-state index in [1.165, 1.54) is 19.2 Å². The highest BCUT2D eigenvalue weighted by Gasteiger charge is 2.12. The van der Waals surface area contributed by atoms with Gasteiger partial charge in [0.05, 0.1) is 25.0 Å². The van der Waals surface area contributed by atoms with Gasteiger partial charge in [-0.2, -0.15) is 0 Å². The Bertz CT molecular complexity index is 993. The molecular weight excluding hydrogens is 452 g/mol. The number of methoxy groups -OCH3 is 1. The minimum atomic E-state index is -0.601. The lowest BCUT2D eigenvalue weighted by molar-refractivity contribution is -0.147. The highest BCUT2D eigenvalue weighted by atomic mass is 35.5. The molecule has 2 aromatic carbocycles. The molecule has 2 N–H and O–H groups in total. The van der Waals surface area contributed by atoms with Gasteiger partial charge in [0, 0.05) is 23.6 Å². The summed E-state index contributed by atoms with van der Waals surface area (Å²) in [5.41, 5.74) is 1.24. The maximum atomic E-state index is 12.1. The van der Waals surface area contributed by atoms with Crippen molar-refractivity contribution in [3.05, 3.63) is 53.1 Å². The molecule has 0 spiro atoms. The molecule has 0 saturated heterocycles. The van der Waals surface area contributed by atoms with Gasteiger partial charge in [-0.15, -0.1) is 0 Å². The zero-order valence-electron chi connectivity index (χ0n) is 18.3. The minimum absolute atomic E-state index is 0.0262. The molecule has 33 heavy (non-hydrogen) atoms. The number of carbonyl (C=O) groups excluding carboxylic acids is 4. The predicted octanol–water partition coefficient (Wildman–Crippen LogP) is 3.82. The van der Waals surface area contributed by atoms with Gasteiger partial charge in [0.1, 0.15) is 5.75 Å². The second-order valence-electron chi connectivity index (χ2n) is 6.75. The van der Waals surface area contributed by atoms with Crippen molar-refractivity contribution in [3.8, 4) is 5.75 Å². The van der Waals surface area contributed by atoms with Crippen LogP contribution < -0.4 is 15.4 Å². The Labute approximate surface area is 196 Å². The van der Waals surface area contributed by atoms with Gasteiger partial charge in [0.25, 0.3) is 5.91 Å². The van der Waals surface area contributed by atoms with Crippen LogP contribution in [0.5, 0.6) is 5.75 Å². The topological polar surface area (TPSA) is 120 Å². The van der Waals surface area contributed by atoms with Crippen molar-refractivity contribution in [1.82, 2.24) is 0 Å². The largest absolute Gasteiger partial charge is 0.495 e. The second kappa shape index (κ2) is 13.1. The normalized spacial score (nSPS) is 10.2. The molecule has 2 amide bonds. The Hall–Kier alpha value is -3.59. The van der Waals surface area contributed by atoms with E-state index in [-0.39, 0.29) is 31.8 Å². The summed E-state index contributed by atoms with van der Waals surface area (Å²) >= 11 is 5.93. The number of rotatable bonds is 11. The fraction of sp³-hybridized carbons (Fsp3) is 0.304. The van der Waals surface area contributed by atoms with Crippen LogP contribution in [0.15, 0.2) is 42.5 Å². The van der Waals surface area contributed by atoms with E-state index in [0.717, 1.165) is 0 Å². The number of carbonyl (C=O) groups is 4. The Kier molecular flexibility index (Phi) is 10.2. The van der Waals surface area contributed by atoms with Crippen LogP contribution in [0.3, 0.4) is 0 Å². The summed E-state index contributed by atoms with van der Waals surface area (Å²) in [7, 11) is 1.48. The maximum absolute atomic E-state index is 12.1. The van der Waals surface area contributed by atoms with Gasteiger partial charge in [-0.3, -0.25) is 14.4 Å². The average molecular weight is 477 g/mol. The molecule has 0 aliphatic rings. The molecule has 0 heterocycles. The summed E-state index contributed by atoms with van der Waals surface area (Å²) in [4.78, 5) is 47.5. The van der Waals surface area contributed by atoms with Gasteiger partial charge >= 0.3 is 11.9 Å². The zero-order valence-corrected chi connectivity index (χ0v) is 19.1. The summed E-state index contributed by atoms with van der Waals surface area (Å²) in [6.45, 7) is 1.51. The zero-order chi connectivity index (χ0) is 24.2. The Balaban J connectivity index is 1.68. The number of ether oxygens (including phenoxy) is 3. The lowest BCUT2D eigenvalue weighted by atomic mass is 10.2. The Morgan fingerprint density at radius 1 is 0.909 bits per heavy atom. The van der Waals surface area contributed by atoms with Crippen molar-refractivity contribution in [2.45, 2.75) is 26.2 Å². The first-order valence-corrected chi connectivity index (χ1v) is 10.6. The van der Waals surface area contributed by atoms with E-state index in [9.17, 15) is 19.2 Å². The van der Waals surface area contributed by atoms with Crippen LogP contribution in [-0.2, 0) is 23.9 Å². The molecular formula is C23H25ClN2O7. The number of anilines is 2. The second-order valence-corrected chi connectivity index (χ2v) is 7.19. The molecule has 0 bridgehead atoms. The molecule has 2 rings (SSSR count). The van der Waals surface area contributed by atoms with E-state index in [2.05, 4.69) is 10.6 Å². The van der Waals surface area contributed by atoms with Crippen molar-refractivity contribution in [1.29, 1.82) is 0 Å². The first-order valence-electron chi connectivity index (χ1n) is 10.2. The summed E-state index contributed by atoms with van der Waals surface area (Å²) in [6, 6.07) is 11.0. The SMILES string of the molecule is CCOC(=O)c1ccc(NC(=O)COC(=O)CCCC(=O)Nc2cc(Cl)ccc2OC)cc1. The number of amides is 2. The summed E-state index contributed by atoms with van der Waals surface area (Å²) < 4.78 is 15.0. The van der Waals surface area contributed by atoms with Crippen LogP contribution in [0.1, 0.15) is 36.5 Å². The Morgan fingerprint density at radius 2 is 1.64 bits per heavy atom. The van der Waals surface area contributed by atoms with Crippen LogP contribution >= 0.6 is 11.6 Å². The number of hydrogen-bond acceptors (Lipinski definition) is 7. The summed E-state index contributed by atoms with van der Waals surface area (Å²) in [5, 5.41) is 5.68. The van der Waals surface area contributed by atoms with Gasteiger partial charge in [-0.1, -0.05) is 11.6 Å². The van der Waals surface area contributed by atoms with E-state index in [1.54, 1.807) is 37.3 Å². The first kappa shape index (κ1) is 25.7. The van der Waals surface area contributed by atoms with Crippen LogP contribution in [0.2, 0.25) is 5.02 Å². The third-order valence-corrected chi connectivity index (χ3v) is 4.50. The van der Waals surface area contributed by atoms with Crippen LogP contribution in [0.4, 0.5) is 11.4 Å². The van der Waals surface area contributed by atoms with Gasteiger partial charge in [0.2, 0.25) is 5.91 Å². The number of esters is 2. The molecule has 0 saturated carbocycles. The molecule has 0 fully saturated rings. The molecule has 176 valence electrons. The number of hydrogen-bond donors (Lipinski definition) is 2. The molecule has 2 aromatic rings. The monoisotopic (exact) mass is 476 g/mol. The van der Waals surface area contributed by atoms with Crippen LogP contribution in [0, 0.1) is 0 Å². The molecule has 0 radical (unpaired) electrons. The number of halogens is 1. The molecule has 9 nitrogen and oxygen atoms in total. The molecule has 0 atom stereocenters. The fourth-order valence-corrected chi connectivity index (χ4v) is 2.88. The fourth-order valence-electron chi connectivity index (χ4n) is 2.70. The molecule has 0 aromatic heterocycles. The smallest absolute Gasteiger partial charge is 0.338 e. The van der Waals surface area contributed by atoms with Crippen molar-refractivity contribution in [2.24, 2.45) is 0 Å². The number of nitrogens with one attached hydrogen (secondary N) is 2. The lowest BCUT2D eigenvalue weighted by Gasteiger charge is -2.10. The summed E-state index contributed by atoms with van der Waals surface area (Å²) in [6.07, 6.45) is 0.288. The number of benzene rings is 2. The quantitative estimate of drug-likeness (QED) is 0.473. The molecule has 10 heteroatoms. The van der Waals surface area contributed by atoms with E-state index in [0.29, 0.717) is 27.7 Å². The third kappa shape index (κ3) is 8.82. The predicted molar refractivity (Wildman–Crippen MR) is 122 cm³/mol. The summed E-state index contributed by atoms with van der Waals surface area (Å²) in [5.74, 6) is -1.43. The van der Waals surface area contributed by atoms with Gasteiger partial charge in [0.15, 0.2) is 6.61 Å².